The molecule has 0 radical (unpaired) electrons. The van der Waals surface area contributed by atoms with E-state index in [4.69, 9.17) is 0 Å². The Hall–Kier alpha value is -1.88. The molecule has 1 aromatic heterocycles. The quantitative estimate of drug-likeness (QED) is 0.873. The van der Waals surface area contributed by atoms with Gasteiger partial charge in [0.2, 0.25) is 0 Å². The van der Waals surface area contributed by atoms with Crippen LogP contribution in [0.15, 0.2) is 34.9 Å². The Morgan fingerprint density at radius 3 is 2.57 bits per heavy atom. The van der Waals surface area contributed by atoms with Crippen LogP contribution in [0.1, 0.15) is 28.4 Å². The zero-order chi connectivity index (χ0) is 15.4. The van der Waals surface area contributed by atoms with Crippen molar-refractivity contribution in [1.82, 2.24) is 4.98 Å². The molecule has 1 heterocycles. The molecule has 0 spiro atoms. The van der Waals surface area contributed by atoms with E-state index in [0.29, 0.717) is 17.9 Å². The SMILES string of the molecule is CCNc1ncc(Br)cc1C(=O)Nc1c(C)cccc1C. The van der Waals surface area contributed by atoms with Gasteiger partial charge in [0.1, 0.15) is 5.82 Å². The Morgan fingerprint density at radius 2 is 1.95 bits per heavy atom. The lowest BCUT2D eigenvalue weighted by Gasteiger charge is -2.14. The van der Waals surface area contributed by atoms with Crippen LogP contribution in [-0.2, 0) is 0 Å². The van der Waals surface area contributed by atoms with E-state index in [9.17, 15) is 4.79 Å². The lowest BCUT2D eigenvalue weighted by Crippen LogP contribution is -2.17. The van der Waals surface area contributed by atoms with Gasteiger partial charge in [-0.2, -0.15) is 0 Å². The van der Waals surface area contributed by atoms with Gasteiger partial charge < -0.3 is 10.6 Å². The van der Waals surface area contributed by atoms with Gasteiger partial charge in [-0.05, 0) is 53.9 Å². The minimum Gasteiger partial charge on any atom is -0.370 e. The summed E-state index contributed by atoms with van der Waals surface area (Å²) in [6, 6.07) is 7.71. The second-order valence-corrected chi connectivity index (χ2v) is 5.72. The van der Waals surface area contributed by atoms with Crippen LogP contribution in [0.25, 0.3) is 0 Å². The molecule has 0 atom stereocenters. The number of pyridine rings is 1. The Morgan fingerprint density at radius 1 is 1.29 bits per heavy atom. The second-order valence-electron chi connectivity index (χ2n) is 4.80. The van der Waals surface area contributed by atoms with E-state index in [-0.39, 0.29) is 5.91 Å². The van der Waals surface area contributed by atoms with Gasteiger partial charge in [-0.15, -0.1) is 0 Å². The second kappa shape index (κ2) is 6.72. The summed E-state index contributed by atoms with van der Waals surface area (Å²) >= 11 is 3.36. The van der Waals surface area contributed by atoms with E-state index in [1.165, 1.54) is 0 Å². The first-order valence-electron chi connectivity index (χ1n) is 6.80. The topological polar surface area (TPSA) is 54.0 Å². The predicted octanol–water partition coefficient (Wildman–Crippen LogP) is 4.15. The van der Waals surface area contributed by atoms with Crippen LogP contribution in [0.5, 0.6) is 0 Å². The van der Waals surface area contributed by atoms with Crippen molar-refractivity contribution >= 4 is 33.3 Å². The molecular formula is C16H18BrN3O. The van der Waals surface area contributed by atoms with Crippen LogP contribution in [0.2, 0.25) is 0 Å². The zero-order valence-electron chi connectivity index (χ0n) is 12.3. The number of carbonyl (C=O) groups is 1. The Labute approximate surface area is 133 Å². The lowest BCUT2D eigenvalue weighted by molar-refractivity contribution is 0.102. The van der Waals surface area contributed by atoms with Gasteiger partial charge in [0.25, 0.3) is 5.91 Å². The van der Waals surface area contributed by atoms with E-state index in [0.717, 1.165) is 21.3 Å². The molecule has 1 amide bonds. The van der Waals surface area contributed by atoms with Crippen LogP contribution in [0.3, 0.4) is 0 Å². The average Bonchev–Trinajstić information content (AvgIpc) is 2.45. The Kier molecular flexibility index (Phi) is 4.96. The maximum absolute atomic E-state index is 12.6. The first-order chi connectivity index (χ1) is 10.0. The third kappa shape index (κ3) is 3.61. The number of para-hydroxylation sites is 1. The molecule has 0 saturated carbocycles. The van der Waals surface area contributed by atoms with Crippen molar-refractivity contribution < 1.29 is 4.79 Å². The minimum absolute atomic E-state index is 0.169. The van der Waals surface area contributed by atoms with E-state index in [1.807, 2.05) is 39.0 Å². The summed E-state index contributed by atoms with van der Waals surface area (Å²) < 4.78 is 0.774. The number of hydrogen-bond donors (Lipinski definition) is 2. The molecular weight excluding hydrogens is 330 g/mol. The number of hydrogen-bond acceptors (Lipinski definition) is 3. The van der Waals surface area contributed by atoms with Crippen molar-refractivity contribution in [2.24, 2.45) is 0 Å². The highest BCUT2D eigenvalue weighted by Gasteiger charge is 2.15. The summed E-state index contributed by atoms with van der Waals surface area (Å²) in [5.41, 5.74) is 3.45. The van der Waals surface area contributed by atoms with Crippen molar-refractivity contribution in [3.8, 4) is 0 Å². The van der Waals surface area contributed by atoms with Crippen LogP contribution in [-0.4, -0.2) is 17.4 Å². The summed E-state index contributed by atoms with van der Waals surface area (Å²) in [5, 5.41) is 6.09. The smallest absolute Gasteiger partial charge is 0.259 e. The summed E-state index contributed by atoms with van der Waals surface area (Å²) in [4.78, 5) is 16.8. The number of rotatable bonds is 4. The van der Waals surface area contributed by atoms with E-state index < -0.39 is 0 Å². The van der Waals surface area contributed by atoms with Gasteiger partial charge in [-0.1, -0.05) is 18.2 Å². The average molecular weight is 348 g/mol. The molecule has 2 N–H and O–H groups in total. The van der Waals surface area contributed by atoms with Crippen molar-refractivity contribution in [2.75, 3.05) is 17.2 Å². The van der Waals surface area contributed by atoms with Crippen LogP contribution >= 0.6 is 15.9 Å². The largest absolute Gasteiger partial charge is 0.370 e. The van der Waals surface area contributed by atoms with Gasteiger partial charge in [0.15, 0.2) is 0 Å². The number of amides is 1. The van der Waals surface area contributed by atoms with Crippen molar-refractivity contribution in [3.05, 3.63) is 51.6 Å². The number of nitrogens with zero attached hydrogens (tertiary/aromatic N) is 1. The summed E-state index contributed by atoms with van der Waals surface area (Å²) in [6.45, 7) is 6.63. The molecule has 0 aliphatic rings. The van der Waals surface area contributed by atoms with Crippen molar-refractivity contribution in [2.45, 2.75) is 20.8 Å². The standard InChI is InChI=1S/C16H18BrN3O/c1-4-18-15-13(8-12(17)9-19-15)16(21)20-14-10(2)6-5-7-11(14)3/h5-9H,4H2,1-3H3,(H,18,19)(H,20,21). The third-order valence-electron chi connectivity index (χ3n) is 3.16. The van der Waals surface area contributed by atoms with Gasteiger partial charge in [0, 0.05) is 22.9 Å². The molecule has 110 valence electrons. The molecule has 0 saturated heterocycles. The number of benzene rings is 1. The highest BCUT2D eigenvalue weighted by atomic mass is 79.9. The van der Waals surface area contributed by atoms with Gasteiger partial charge in [-0.25, -0.2) is 4.98 Å². The molecule has 2 rings (SSSR count). The molecule has 0 unspecified atom stereocenters. The predicted molar refractivity (Wildman–Crippen MR) is 90.0 cm³/mol. The minimum atomic E-state index is -0.169. The van der Waals surface area contributed by atoms with E-state index >= 15 is 0 Å². The lowest BCUT2D eigenvalue weighted by atomic mass is 10.1. The molecule has 4 nitrogen and oxygen atoms in total. The van der Waals surface area contributed by atoms with Crippen molar-refractivity contribution in [3.63, 3.8) is 0 Å². The number of halogens is 1. The normalized spacial score (nSPS) is 10.3. The molecule has 0 aliphatic carbocycles. The number of aryl methyl sites for hydroxylation is 2. The first kappa shape index (κ1) is 15.5. The Bertz CT molecular complexity index is 650. The number of carbonyl (C=O) groups excluding carboxylic acids is 1. The number of aromatic nitrogens is 1. The monoisotopic (exact) mass is 347 g/mol. The zero-order valence-corrected chi connectivity index (χ0v) is 13.9. The third-order valence-corrected chi connectivity index (χ3v) is 3.60. The maximum atomic E-state index is 12.6. The van der Waals surface area contributed by atoms with E-state index in [2.05, 4.69) is 31.5 Å². The maximum Gasteiger partial charge on any atom is 0.259 e. The fourth-order valence-corrected chi connectivity index (χ4v) is 2.44. The first-order valence-corrected chi connectivity index (χ1v) is 7.59. The molecule has 2 aromatic rings. The highest BCUT2D eigenvalue weighted by molar-refractivity contribution is 9.10. The van der Waals surface area contributed by atoms with Crippen LogP contribution < -0.4 is 10.6 Å². The Balaban J connectivity index is 2.34. The molecule has 5 heteroatoms. The van der Waals surface area contributed by atoms with Crippen molar-refractivity contribution in [1.29, 1.82) is 0 Å². The number of anilines is 2. The molecule has 0 bridgehead atoms. The van der Waals surface area contributed by atoms with E-state index in [1.54, 1.807) is 12.3 Å². The molecule has 1 aromatic carbocycles. The molecule has 0 aliphatic heterocycles. The summed E-state index contributed by atoms with van der Waals surface area (Å²) in [7, 11) is 0. The highest BCUT2D eigenvalue weighted by Crippen LogP contribution is 2.23. The fourth-order valence-electron chi connectivity index (χ4n) is 2.11. The van der Waals surface area contributed by atoms with Gasteiger partial charge >= 0.3 is 0 Å². The van der Waals surface area contributed by atoms with Crippen LogP contribution in [0.4, 0.5) is 11.5 Å². The fraction of sp³-hybridized carbons (Fsp3) is 0.250. The van der Waals surface area contributed by atoms with Gasteiger partial charge in [-0.3, -0.25) is 4.79 Å². The summed E-state index contributed by atoms with van der Waals surface area (Å²) in [5.74, 6) is 0.418. The molecule has 0 fully saturated rings. The van der Waals surface area contributed by atoms with Crippen LogP contribution in [0, 0.1) is 13.8 Å². The van der Waals surface area contributed by atoms with Gasteiger partial charge in [0.05, 0.1) is 5.56 Å². The summed E-state index contributed by atoms with van der Waals surface area (Å²) in [6.07, 6.45) is 1.67. The number of nitrogens with one attached hydrogen (secondary N) is 2. The molecule has 21 heavy (non-hydrogen) atoms.